The van der Waals surface area contributed by atoms with E-state index in [1.54, 1.807) is 36.4 Å². The lowest BCUT2D eigenvalue weighted by atomic mass is 10.2. The topological polar surface area (TPSA) is 103 Å². The minimum atomic E-state index is -3.89. The SMILES string of the molecule is O=C(Nc1ccc(OC2CCCC2)cc1)c1cccc(NS(=O)(=O)c2ccc3c(c2)OCCO3)c1. The van der Waals surface area contributed by atoms with Crippen LogP contribution in [0.2, 0.25) is 0 Å². The fourth-order valence-electron chi connectivity index (χ4n) is 4.15. The number of ether oxygens (including phenoxy) is 3. The molecule has 0 atom stereocenters. The van der Waals surface area contributed by atoms with Crippen molar-refractivity contribution in [1.82, 2.24) is 0 Å². The van der Waals surface area contributed by atoms with Gasteiger partial charge in [-0.2, -0.15) is 0 Å². The van der Waals surface area contributed by atoms with E-state index < -0.39 is 10.0 Å². The summed E-state index contributed by atoms with van der Waals surface area (Å²) in [7, 11) is -3.89. The van der Waals surface area contributed by atoms with Gasteiger partial charge < -0.3 is 19.5 Å². The minimum Gasteiger partial charge on any atom is -0.490 e. The van der Waals surface area contributed by atoms with Crippen LogP contribution < -0.4 is 24.2 Å². The first-order valence-electron chi connectivity index (χ1n) is 11.6. The maximum atomic E-state index is 12.9. The van der Waals surface area contributed by atoms with Crippen LogP contribution in [0.4, 0.5) is 11.4 Å². The highest BCUT2D eigenvalue weighted by Crippen LogP contribution is 2.33. The largest absolute Gasteiger partial charge is 0.490 e. The molecular weight excluding hydrogens is 468 g/mol. The van der Waals surface area contributed by atoms with Crippen molar-refractivity contribution in [2.45, 2.75) is 36.7 Å². The molecule has 1 aliphatic carbocycles. The standard InChI is InChI=1S/C26H26N2O6S/c29-26(27-19-8-10-22(11-9-19)34-21-6-1-2-7-21)18-4-3-5-20(16-18)28-35(30,31)23-12-13-24-25(17-23)33-15-14-32-24/h3-5,8-13,16-17,21,28H,1-2,6-7,14-15H2,(H,27,29). The second-order valence-corrected chi connectivity index (χ2v) is 10.2. The zero-order valence-corrected chi connectivity index (χ0v) is 19.8. The summed E-state index contributed by atoms with van der Waals surface area (Å²) in [5.74, 6) is 1.32. The molecule has 0 bridgehead atoms. The van der Waals surface area contributed by atoms with Crippen LogP contribution in [0, 0.1) is 0 Å². The van der Waals surface area contributed by atoms with Crippen LogP contribution in [0.25, 0.3) is 0 Å². The van der Waals surface area contributed by atoms with E-state index in [9.17, 15) is 13.2 Å². The Morgan fingerprint density at radius 2 is 1.60 bits per heavy atom. The predicted molar refractivity (Wildman–Crippen MR) is 132 cm³/mol. The van der Waals surface area contributed by atoms with E-state index in [-0.39, 0.29) is 22.6 Å². The van der Waals surface area contributed by atoms with Gasteiger partial charge in [0.05, 0.1) is 11.0 Å². The number of carbonyl (C=O) groups is 1. The van der Waals surface area contributed by atoms with Crippen LogP contribution >= 0.6 is 0 Å². The number of benzene rings is 3. The van der Waals surface area contributed by atoms with Gasteiger partial charge in [-0.05, 0) is 80.3 Å². The average Bonchev–Trinajstić information content (AvgIpc) is 3.38. The molecule has 0 saturated heterocycles. The van der Waals surface area contributed by atoms with Gasteiger partial charge in [-0.25, -0.2) is 8.42 Å². The number of hydrogen-bond acceptors (Lipinski definition) is 6. The molecular formula is C26H26N2O6S. The molecule has 0 spiro atoms. The van der Waals surface area contributed by atoms with E-state index in [2.05, 4.69) is 10.0 Å². The molecule has 1 aliphatic heterocycles. The van der Waals surface area contributed by atoms with Gasteiger partial charge in [-0.15, -0.1) is 0 Å². The first-order valence-corrected chi connectivity index (χ1v) is 13.1. The third kappa shape index (κ3) is 5.51. The van der Waals surface area contributed by atoms with Crippen molar-refractivity contribution in [1.29, 1.82) is 0 Å². The Hall–Kier alpha value is -3.72. The monoisotopic (exact) mass is 494 g/mol. The van der Waals surface area contributed by atoms with Crippen molar-refractivity contribution in [3.63, 3.8) is 0 Å². The first kappa shape index (κ1) is 23.0. The molecule has 1 saturated carbocycles. The number of amides is 1. The van der Waals surface area contributed by atoms with Gasteiger partial charge in [-0.3, -0.25) is 9.52 Å². The molecule has 35 heavy (non-hydrogen) atoms. The number of sulfonamides is 1. The van der Waals surface area contributed by atoms with Gasteiger partial charge in [-0.1, -0.05) is 6.07 Å². The van der Waals surface area contributed by atoms with Gasteiger partial charge in [0.25, 0.3) is 15.9 Å². The van der Waals surface area contributed by atoms with E-state index >= 15 is 0 Å². The Morgan fingerprint density at radius 3 is 2.37 bits per heavy atom. The Bertz CT molecular complexity index is 1320. The zero-order valence-electron chi connectivity index (χ0n) is 19.0. The van der Waals surface area contributed by atoms with Crippen molar-refractivity contribution >= 4 is 27.3 Å². The number of rotatable bonds is 7. The highest BCUT2D eigenvalue weighted by molar-refractivity contribution is 7.92. The van der Waals surface area contributed by atoms with E-state index in [4.69, 9.17) is 14.2 Å². The molecule has 8 nitrogen and oxygen atoms in total. The third-order valence-electron chi connectivity index (χ3n) is 5.92. The third-order valence-corrected chi connectivity index (χ3v) is 7.30. The fraction of sp³-hybridized carbons (Fsp3) is 0.269. The smallest absolute Gasteiger partial charge is 0.262 e. The van der Waals surface area contributed by atoms with Gasteiger partial charge >= 0.3 is 0 Å². The quantitative estimate of drug-likeness (QED) is 0.488. The molecule has 1 fully saturated rings. The van der Waals surface area contributed by atoms with Crippen LogP contribution in [0.1, 0.15) is 36.0 Å². The molecule has 9 heteroatoms. The Labute approximate surface area is 204 Å². The molecule has 0 unspecified atom stereocenters. The second-order valence-electron chi connectivity index (χ2n) is 8.49. The molecule has 5 rings (SSSR count). The van der Waals surface area contributed by atoms with Crippen LogP contribution in [-0.2, 0) is 10.0 Å². The summed E-state index contributed by atoms with van der Waals surface area (Å²) in [6.45, 7) is 0.780. The molecule has 3 aromatic rings. The van der Waals surface area contributed by atoms with E-state index in [1.165, 1.54) is 31.0 Å². The lowest BCUT2D eigenvalue weighted by molar-refractivity contribution is 0.102. The predicted octanol–water partition coefficient (Wildman–Crippen LogP) is 4.83. The maximum Gasteiger partial charge on any atom is 0.262 e. The van der Waals surface area contributed by atoms with Crippen molar-refractivity contribution in [2.24, 2.45) is 0 Å². The van der Waals surface area contributed by atoms with Crippen LogP contribution in [0.5, 0.6) is 17.2 Å². The molecule has 3 aromatic carbocycles. The van der Waals surface area contributed by atoms with Crippen LogP contribution in [0.3, 0.4) is 0 Å². The summed E-state index contributed by atoms with van der Waals surface area (Å²) in [5.41, 5.74) is 1.21. The van der Waals surface area contributed by atoms with Crippen LogP contribution in [0.15, 0.2) is 71.6 Å². The molecule has 182 valence electrons. The molecule has 1 heterocycles. The summed E-state index contributed by atoms with van der Waals surface area (Å²) in [4.78, 5) is 12.8. The fourth-order valence-corrected chi connectivity index (χ4v) is 5.21. The van der Waals surface area contributed by atoms with Crippen molar-refractivity contribution < 1.29 is 27.4 Å². The highest BCUT2D eigenvalue weighted by atomic mass is 32.2. The number of carbonyl (C=O) groups excluding carboxylic acids is 1. The van der Waals surface area contributed by atoms with Crippen molar-refractivity contribution in [2.75, 3.05) is 23.3 Å². The summed E-state index contributed by atoms with van der Waals surface area (Å²) < 4.78 is 45.2. The zero-order chi connectivity index (χ0) is 24.3. The summed E-state index contributed by atoms with van der Waals surface area (Å²) >= 11 is 0. The Kier molecular flexibility index (Phi) is 6.50. The lowest BCUT2D eigenvalue weighted by Crippen LogP contribution is -2.17. The lowest BCUT2D eigenvalue weighted by Gasteiger charge is -2.19. The molecule has 2 aliphatic rings. The van der Waals surface area contributed by atoms with Gasteiger partial charge in [0.1, 0.15) is 19.0 Å². The van der Waals surface area contributed by atoms with E-state index in [1.807, 2.05) is 12.1 Å². The number of hydrogen-bond donors (Lipinski definition) is 2. The van der Waals surface area contributed by atoms with Crippen molar-refractivity contribution in [3.05, 3.63) is 72.3 Å². The number of fused-ring (bicyclic) bond motifs is 1. The number of anilines is 2. The van der Waals surface area contributed by atoms with Gasteiger partial charge in [0.15, 0.2) is 11.5 Å². The number of nitrogens with one attached hydrogen (secondary N) is 2. The highest BCUT2D eigenvalue weighted by Gasteiger charge is 2.20. The summed E-state index contributed by atoms with van der Waals surface area (Å²) in [6, 6.07) is 18.0. The summed E-state index contributed by atoms with van der Waals surface area (Å²) in [6.07, 6.45) is 4.82. The minimum absolute atomic E-state index is 0.0384. The molecule has 1 amide bonds. The van der Waals surface area contributed by atoms with Gasteiger partial charge in [0.2, 0.25) is 0 Å². The molecule has 2 N–H and O–H groups in total. The van der Waals surface area contributed by atoms with E-state index in [0.717, 1.165) is 18.6 Å². The second kappa shape index (κ2) is 9.87. The summed E-state index contributed by atoms with van der Waals surface area (Å²) in [5, 5.41) is 2.83. The van der Waals surface area contributed by atoms with Crippen LogP contribution in [-0.4, -0.2) is 33.6 Å². The van der Waals surface area contributed by atoms with Crippen molar-refractivity contribution in [3.8, 4) is 17.2 Å². The maximum absolute atomic E-state index is 12.9. The molecule has 0 radical (unpaired) electrons. The van der Waals surface area contributed by atoms with Gasteiger partial charge in [0, 0.05) is 23.0 Å². The Morgan fingerprint density at radius 1 is 0.857 bits per heavy atom. The first-order chi connectivity index (χ1) is 17.0. The Balaban J connectivity index is 1.25. The molecule has 0 aromatic heterocycles. The van der Waals surface area contributed by atoms with E-state index in [0.29, 0.717) is 36.0 Å². The normalized spacial score (nSPS) is 15.4. The average molecular weight is 495 g/mol.